The number of aryl methyl sites for hydroxylation is 2. The van der Waals surface area contributed by atoms with Crippen molar-refractivity contribution in [3.05, 3.63) is 46.8 Å². The van der Waals surface area contributed by atoms with Crippen molar-refractivity contribution < 1.29 is 27.3 Å². The number of benzene rings is 1. The van der Waals surface area contributed by atoms with Crippen molar-refractivity contribution in [3.8, 4) is 0 Å². The fraction of sp³-hybridized carbons (Fsp3) is 0.455. The van der Waals surface area contributed by atoms with Crippen LogP contribution in [-0.2, 0) is 14.8 Å². The van der Waals surface area contributed by atoms with Crippen LogP contribution in [0.15, 0.2) is 33.7 Å². The zero-order valence-electron chi connectivity index (χ0n) is 18.8. The lowest BCUT2D eigenvalue weighted by atomic mass is 9.97. The third-order valence-electron chi connectivity index (χ3n) is 6.32. The highest BCUT2D eigenvalue weighted by Gasteiger charge is 2.47. The molecule has 0 bridgehead atoms. The number of sulfonamides is 1. The first-order valence-electron chi connectivity index (χ1n) is 10.7. The molecule has 4 rings (SSSR count). The molecule has 2 aromatic rings. The van der Waals surface area contributed by atoms with E-state index in [0.717, 1.165) is 4.90 Å². The average Bonchev–Trinajstić information content (AvgIpc) is 3.44. The third kappa shape index (κ3) is 3.95. The van der Waals surface area contributed by atoms with Crippen LogP contribution in [0.4, 0.5) is 0 Å². The third-order valence-corrected chi connectivity index (χ3v) is 8.10. The number of hydrogen-bond donors (Lipinski definition) is 1. The standard InChI is InChI=1S/C22H26N4O6S/c1-14-18(15(2)32-23-14)33(30,31)24-22(10-6-7-11-22)21(29)25(3)12-13-26-19(27)16-8-4-5-9-17(16)20(26)28/h4-5,8-9,24H,6-7,10-13H2,1-3H3. The second kappa shape index (κ2) is 8.38. The molecule has 1 saturated carbocycles. The first-order valence-corrected chi connectivity index (χ1v) is 12.2. The Hall–Kier alpha value is -3.05. The Balaban J connectivity index is 1.49. The van der Waals surface area contributed by atoms with E-state index in [0.29, 0.717) is 36.8 Å². The monoisotopic (exact) mass is 474 g/mol. The van der Waals surface area contributed by atoms with Crippen LogP contribution in [0.3, 0.4) is 0 Å². The first kappa shape index (κ1) is 23.1. The molecule has 0 atom stereocenters. The van der Waals surface area contributed by atoms with Gasteiger partial charge in [0.05, 0.1) is 11.1 Å². The fourth-order valence-corrected chi connectivity index (χ4v) is 6.41. The molecule has 3 amide bonds. The van der Waals surface area contributed by atoms with Gasteiger partial charge in [-0.1, -0.05) is 30.1 Å². The second-order valence-electron chi connectivity index (χ2n) is 8.58. The van der Waals surface area contributed by atoms with Crippen molar-refractivity contribution in [1.29, 1.82) is 0 Å². The molecular formula is C22H26N4O6S. The van der Waals surface area contributed by atoms with Crippen molar-refractivity contribution >= 4 is 27.7 Å². The van der Waals surface area contributed by atoms with Crippen molar-refractivity contribution in [2.24, 2.45) is 0 Å². The number of carbonyl (C=O) groups excluding carboxylic acids is 3. The maximum absolute atomic E-state index is 13.4. The van der Waals surface area contributed by atoms with E-state index in [1.54, 1.807) is 31.3 Å². The van der Waals surface area contributed by atoms with Gasteiger partial charge in [-0.2, -0.15) is 4.72 Å². The lowest BCUT2D eigenvalue weighted by molar-refractivity contribution is -0.136. The second-order valence-corrected chi connectivity index (χ2v) is 10.2. The lowest BCUT2D eigenvalue weighted by Crippen LogP contribution is -2.58. The van der Waals surface area contributed by atoms with Crippen molar-refractivity contribution in [2.45, 2.75) is 50.0 Å². The Labute approximate surface area is 192 Å². The molecule has 1 fully saturated rings. The number of imide groups is 1. The van der Waals surface area contributed by atoms with E-state index in [9.17, 15) is 22.8 Å². The van der Waals surface area contributed by atoms with E-state index in [1.165, 1.54) is 18.7 Å². The maximum Gasteiger partial charge on any atom is 0.261 e. The molecule has 2 heterocycles. The predicted octanol–water partition coefficient (Wildman–Crippen LogP) is 1.64. The lowest BCUT2D eigenvalue weighted by Gasteiger charge is -2.33. The van der Waals surface area contributed by atoms with Crippen molar-refractivity contribution in [2.75, 3.05) is 20.1 Å². The van der Waals surface area contributed by atoms with Crippen LogP contribution in [0.2, 0.25) is 0 Å². The van der Waals surface area contributed by atoms with Gasteiger partial charge in [0.15, 0.2) is 5.76 Å². The van der Waals surface area contributed by atoms with Gasteiger partial charge in [0.25, 0.3) is 11.8 Å². The van der Waals surface area contributed by atoms with E-state index in [4.69, 9.17) is 4.52 Å². The fourth-order valence-electron chi connectivity index (χ4n) is 4.66. The Morgan fingerprint density at radius 2 is 1.73 bits per heavy atom. The summed E-state index contributed by atoms with van der Waals surface area (Å²) in [7, 11) is -2.51. The van der Waals surface area contributed by atoms with Gasteiger partial charge in [0, 0.05) is 20.1 Å². The molecular weight excluding hydrogens is 448 g/mol. The highest BCUT2D eigenvalue weighted by Crippen LogP contribution is 2.34. The number of nitrogens with zero attached hydrogens (tertiary/aromatic N) is 3. The molecule has 0 unspecified atom stereocenters. The van der Waals surface area contributed by atoms with E-state index in [2.05, 4.69) is 9.88 Å². The molecule has 2 aliphatic rings. The Kier molecular flexibility index (Phi) is 5.87. The maximum atomic E-state index is 13.4. The molecule has 0 radical (unpaired) electrons. The molecule has 33 heavy (non-hydrogen) atoms. The zero-order valence-corrected chi connectivity index (χ0v) is 19.6. The highest BCUT2D eigenvalue weighted by molar-refractivity contribution is 7.89. The van der Waals surface area contributed by atoms with Crippen LogP contribution in [-0.4, -0.2) is 66.8 Å². The van der Waals surface area contributed by atoms with Crippen LogP contribution >= 0.6 is 0 Å². The number of aromatic nitrogens is 1. The number of amides is 3. The van der Waals surface area contributed by atoms with E-state index in [1.807, 2.05) is 0 Å². The number of carbonyl (C=O) groups is 3. The molecule has 1 aliphatic heterocycles. The normalized spacial score (nSPS) is 17.5. The Bertz CT molecular complexity index is 1170. The summed E-state index contributed by atoms with van der Waals surface area (Å²) in [5.74, 6) is -1.04. The number of rotatable bonds is 7. The first-order chi connectivity index (χ1) is 15.6. The number of nitrogens with one attached hydrogen (secondary N) is 1. The SMILES string of the molecule is Cc1noc(C)c1S(=O)(=O)NC1(C(=O)N(C)CCN2C(=O)c3ccccc3C2=O)CCCC1. The molecule has 10 nitrogen and oxygen atoms in total. The zero-order chi connectivity index (χ0) is 24.0. The minimum atomic E-state index is -4.06. The summed E-state index contributed by atoms with van der Waals surface area (Å²) in [5, 5.41) is 3.71. The smallest absolute Gasteiger partial charge is 0.261 e. The van der Waals surface area contributed by atoms with Gasteiger partial charge in [-0.15, -0.1) is 0 Å². The minimum Gasteiger partial charge on any atom is -0.360 e. The van der Waals surface area contributed by atoms with Crippen LogP contribution in [0.5, 0.6) is 0 Å². The molecule has 1 aromatic carbocycles. The Morgan fingerprint density at radius 1 is 1.15 bits per heavy atom. The largest absolute Gasteiger partial charge is 0.360 e. The molecule has 1 N–H and O–H groups in total. The molecule has 0 spiro atoms. The minimum absolute atomic E-state index is 0.0152. The van der Waals surface area contributed by atoms with Gasteiger partial charge in [-0.25, -0.2) is 8.42 Å². The summed E-state index contributed by atoms with van der Waals surface area (Å²) in [4.78, 5) is 41.1. The van der Waals surface area contributed by atoms with E-state index in [-0.39, 0.29) is 29.4 Å². The van der Waals surface area contributed by atoms with Crippen molar-refractivity contribution in [3.63, 3.8) is 0 Å². The number of likely N-dealkylation sites (N-methyl/N-ethyl adjacent to an activating group) is 1. The van der Waals surface area contributed by atoms with Gasteiger partial charge in [-0.3, -0.25) is 19.3 Å². The topological polar surface area (TPSA) is 130 Å². The van der Waals surface area contributed by atoms with Crippen molar-refractivity contribution in [1.82, 2.24) is 19.7 Å². The molecule has 176 valence electrons. The number of fused-ring (bicyclic) bond motifs is 1. The van der Waals surface area contributed by atoms with Gasteiger partial charge >= 0.3 is 0 Å². The van der Waals surface area contributed by atoms with E-state index < -0.39 is 33.3 Å². The summed E-state index contributed by atoms with van der Waals surface area (Å²) in [6, 6.07) is 6.58. The van der Waals surface area contributed by atoms with Gasteiger partial charge in [-0.05, 0) is 38.8 Å². The van der Waals surface area contributed by atoms with Crippen LogP contribution < -0.4 is 4.72 Å². The van der Waals surface area contributed by atoms with Crippen LogP contribution in [0, 0.1) is 13.8 Å². The average molecular weight is 475 g/mol. The van der Waals surface area contributed by atoms with Gasteiger partial charge in [0.1, 0.15) is 16.1 Å². The van der Waals surface area contributed by atoms with Crippen LogP contribution in [0.1, 0.15) is 57.9 Å². The molecule has 1 aromatic heterocycles. The summed E-state index contributed by atoms with van der Waals surface area (Å²) in [5.41, 5.74) is -0.391. The molecule has 1 aliphatic carbocycles. The highest BCUT2D eigenvalue weighted by atomic mass is 32.2. The van der Waals surface area contributed by atoms with Crippen LogP contribution in [0.25, 0.3) is 0 Å². The summed E-state index contributed by atoms with van der Waals surface area (Å²) in [6.07, 6.45) is 2.10. The summed E-state index contributed by atoms with van der Waals surface area (Å²) < 4.78 is 33.9. The quantitative estimate of drug-likeness (QED) is 0.604. The summed E-state index contributed by atoms with van der Waals surface area (Å²) in [6.45, 7) is 3.13. The Morgan fingerprint density at radius 3 is 2.24 bits per heavy atom. The summed E-state index contributed by atoms with van der Waals surface area (Å²) >= 11 is 0. The van der Waals surface area contributed by atoms with Gasteiger partial charge < -0.3 is 9.42 Å². The number of hydrogen-bond acceptors (Lipinski definition) is 7. The molecule has 11 heteroatoms. The van der Waals surface area contributed by atoms with Gasteiger partial charge in [0.2, 0.25) is 15.9 Å². The molecule has 0 saturated heterocycles. The predicted molar refractivity (Wildman–Crippen MR) is 117 cm³/mol. The van der Waals surface area contributed by atoms with E-state index >= 15 is 0 Å².